The van der Waals surface area contributed by atoms with Gasteiger partial charge < -0.3 is 14.2 Å². The topological polar surface area (TPSA) is 62.6 Å². The molecule has 1 aliphatic carbocycles. The van der Waals surface area contributed by atoms with E-state index in [2.05, 4.69) is 60.0 Å². The van der Waals surface area contributed by atoms with Crippen LogP contribution < -0.4 is 4.74 Å². The highest BCUT2D eigenvalue weighted by Gasteiger charge is 2.54. The van der Waals surface area contributed by atoms with E-state index in [1.165, 1.54) is 5.57 Å². The lowest BCUT2D eigenvalue weighted by molar-refractivity contribution is -0.166. The summed E-state index contributed by atoms with van der Waals surface area (Å²) in [5, 5.41) is 4.33. The van der Waals surface area contributed by atoms with Crippen molar-refractivity contribution in [2.24, 2.45) is 23.2 Å². The predicted octanol–water partition coefficient (Wildman–Crippen LogP) is 5.44. The standard InChI is InChI=1S/C25H31BrN2O4/c1-6-28-12-20(26)22(27-28)24(29)32-14-25-13-31-23(18-7-9-19(30-5)10-8-18)21(17(25)4)15(2)11-16(25)3/h7-12,16-17,21,23H,6,13-14H2,1-5H3/t16-,17-,21-,23-,25+/m0/s1. The molecule has 0 unspecified atom stereocenters. The van der Waals surface area contributed by atoms with Gasteiger partial charge in [-0.2, -0.15) is 5.10 Å². The Morgan fingerprint density at radius 1 is 1.31 bits per heavy atom. The van der Waals surface area contributed by atoms with Crippen molar-refractivity contribution in [3.8, 4) is 5.75 Å². The number of nitrogens with zero attached hydrogens (tertiary/aromatic N) is 2. The molecule has 6 nitrogen and oxygen atoms in total. The van der Waals surface area contributed by atoms with Crippen LogP contribution in [0.5, 0.6) is 5.75 Å². The van der Waals surface area contributed by atoms with Gasteiger partial charge in [0, 0.05) is 24.1 Å². The summed E-state index contributed by atoms with van der Waals surface area (Å²) in [4.78, 5) is 12.8. The summed E-state index contributed by atoms with van der Waals surface area (Å²) in [6, 6.07) is 8.11. The number of hydrogen-bond acceptors (Lipinski definition) is 5. The van der Waals surface area contributed by atoms with Gasteiger partial charge in [-0.05, 0) is 59.3 Å². The second-order valence-corrected chi connectivity index (χ2v) is 9.86. The van der Waals surface area contributed by atoms with Crippen molar-refractivity contribution in [1.82, 2.24) is 9.78 Å². The molecule has 0 spiro atoms. The number of fused-ring (bicyclic) bond motifs is 2. The molecule has 4 rings (SSSR count). The van der Waals surface area contributed by atoms with Gasteiger partial charge in [-0.15, -0.1) is 0 Å². The lowest BCUT2D eigenvalue weighted by Crippen LogP contribution is -2.54. The first-order valence-electron chi connectivity index (χ1n) is 11.1. The van der Waals surface area contributed by atoms with Gasteiger partial charge in [-0.3, -0.25) is 4.68 Å². The number of benzene rings is 1. The quantitative estimate of drug-likeness (QED) is 0.388. The van der Waals surface area contributed by atoms with Crippen LogP contribution in [-0.2, 0) is 16.0 Å². The Kier molecular flexibility index (Phi) is 6.50. The van der Waals surface area contributed by atoms with E-state index in [1.807, 2.05) is 19.1 Å². The average molecular weight is 503 g/mol. The van der Waals surface area contributed by atoms with Crippen molar-refractivity contribution in [2.45, 2.75) is 40.3 Å². The molecule has 7 heteroatoms. The zero-order valence-corrected chi connectivity index (χ0v) is 20.9. The van der Waals surface area contributed by atoms with E-state index in [9.17, 15) is 4.79 Å². The second kappa shape index (κ2) is 9.02. The van der Waals surface area contributed by atoms with Gasteiger partial charge in [0.15, 0.2) is 5.69 Å². The van der Waals surface area contributed by atoms with E-state index >= 15 is 0 Å². The number of esters is 1. The van der Waals surface area contributed by atoms with E-state index in [0.717, 1.165) is 11.3 Å². The molecule has 1 saturated heterocycles. The highest BCUT2D eigenvalue weighted by Crippen LogP contribution is 2.56. The molecule has 2 heterocycles. The molecule has 172 valence electrons. The molecule has 2 aliphatic rings. The van der Waals surface area contributed by atoms with E-state index in [1.54, 1.807) is 18.0 Å². The smallest absolute Gasteiger partial charge is 0.360 e. The van der Waals surface area contributed by atoms with Gasteiger partial charge in [0.2, 0.25) is 0 Å². The lowest BCUT2D eigenvalue weighted by Gasteiger charge is -2.55. The number of hydrogen-bond donors (Lipinski definition) is 0. The molecular formula is C25H31BrN2O4. The molecule has 1 aromatic carbocycles. The van der Waals surface area contributed by atoms with Crippen LogP contribution in [0.2, 0.25) is 0 Å². The highest BCUT2D eigenvalue weighted by molar-refractivity contribution is 9.10. The molecule has 0 N–H and O–H groups in total. The molecule has 2 bridgehead atoms. The molecule has 1 aliphatic heterocycles. The van der Waals surface area contributed by atoms with Crippen molar-refractivity contribution in [1.29, 1.82) is 0 Å². The molecule has 32 heavy (non-hydrogen) atoms. The number of allylic oxidation sites excluding steroid dienone is 1. The summed E-state index contributed by atoms with van der Waals surface area (Å²) >= 11 is 3.42. The van der Waals surface area contributed by atoms with Gasteiger partial charge in [0.05, 0.1) is 24.3 Å². The second-order valence-electron chi connectivity index (χ2n) is 9.01. The highest BCUT2D eigenvalue weighted by atomic mass is 79.9. The number of ether oxygens (including phenoxy) is 3. The van der Waals surface area contributed by atoms with Crippen molar-refractivity contribution >= 4 is 21.9 Å². The minimum atomic E-state index is -0.405. The first kappa shape index (κ1) is 23.1. The summed E-state index contributed by atoms with van der Waals surface area (Å²) in [5.41, 5.74) is 2.51. The number of methoxy groups -OCH3 is 1. The first-order chi connectivity index (χ1) is 15.3. The Morgan fingerprint density at radius 2 is 2.03 bits per heavy atom. The van der Waals surface area contributed by atoms with E-state index < -0.39 is 5.97 Å². The van der Waals surface area contributed by atoms with Crippen LogP contribution in [0.3, 0.4) is 0 Å². The predicted molar refractivity (Wildman–Crippen MR) is 126 cm³/mol. The summed E-state index contributed by atoms with van der Waals surface area (Å²) in [6.45, 7) is 10.2. The van der Waals surface area contributed by atoms with Gasteiger partial charge >= 0.3 is 5.97 Å². The summed E-state index contributed by atoms with van der Waals surface area (Å²) < 4.78 is 20.0. The van der Waals surface area contributed by atoms with Crippen molar-refractivity contribution in [3.63, 3.8) is 0 Å². The maximum Gasteiger partial charge on any atom is 0.360 e. The molecule has 1 fully saturated rings. The van der Waals surface area contributed by atoms with Crippen LogP contribution >= 0.6 is 15.9 Å². The maximum atomic E-state index is 12.8. The fourth-order valence-electron chi connectivity index (χ4n) is 5.32. The van der Waals surface area contributed by atoms with Crippen molar-refractivity contribution in [2.75, 3.05) is 20.3 Å². The van der Waals surface area contributed by atoms with Gasteiger partial charge in [0.1, 0.15) is 12.4 Å². The average Bonchev–Trinajstić information content (AvgIpc) is 3.17. The number of carbonyl (C=O) groups excluding carboxylic acids is 1. The van der Waals surface area contributed by atoms with E-state index in [4.69, 9.17) is 14.2 Å². The van der Waals surface area contributed by atoms with Crippen molar-refractivity contribution in [3.05, 3.63) is 57.8 Å². The van der Waals surface area contributed by atoms with Crippen LogP contribution in [0, 0.1) is 23.2 Å². The molecule has 0 amide bonds. The van der Waals surface area contributed by atoms with Crippen LogP contribution in [0.1, 0.15) is 49.9 Å². The largest absolute Gasteiger partial charge is 0.497 e. The molecule has 5 atom stereocenters. The molecule has 2 aromatic rings. The monoisotopic (exact) mass is 502 g/mol. The Bertz CT molecular complexity index is 1020. The number of aryl methyl sites for hydroxylation is 1. The molecule has 0 saturated carbocycles. The van der Waals surface area contributed by atoms with Crippen LogP contribution in [0.15, 0.2) is 46.6 Å². The van der Waals surface area contributed by atoms with E-state index in [0.29, 0.717) is 29.9 Å². The normalized spacial score (nSPS) is 29.4. The third-order valence-electron chi connectivity index (χ3n) is 7.40. The number of halogens is 1. The van der Waals surface area contributed by atoms with Gasteiger partial charge in [-0.25, -0.2) is 4.79 Å². The Balaban J connectivity index is 1.56. The zero-order chi connectivity index (χ0) is 23.0. The third kappa shape index (κ3) is 3.90. The molecule has 0 radical (unpaired) electrons. The Labute approximate surface area is 198 Å². The fourth-order valence-corrected chi connectivity index (χ4v) is 5.80. The fraction of sp³-hybridized carbons (Fsp3) is 0.520. The van der Waals surface area contributed by atoms with Gasteiger partial charge in [0.25, 0.3) is 0 Å². The van der Waals surface area contributed by atoms with Crippen LogP contribution in [-0.4, -0.2) is 36.1 Å². The van der Waals surface area contributed by atoms with Crippen LogP contribution in [0.25, 0.3) is 0 Å². The maximum absolute atomic E-state index is 12.8. The first-order valence-corrected chi connectivity index (χ1v) is 11.9. The number of carbonyl (C=O) groups is 1. The SMILES string of the molecule is CCn1cc(Br)c(C(=O)OC[C@]23CO[C@@H](c4ccc(OC)cc4)[C@@H](C(C)=C[C@@H]2C)[C@@H]3C)n1. The molecular weight excluding hydrogens is 472 g/mol. The van der Waals surface area contributed by atoms with Gasteiger partial charge in [-0.1, -0.05) is 37.6 Å². The third-order valence-corrected chi connectivity index (χ3v) is 7.98. The Morgan fingerprint density at radius 3 is 2.66 bits per heavy atom. The van der Waals surface area contributed by atoms with E-state index in [-0.39, 0.29) is 29.3 Å². The van der Waals surface area contributed by atoms with Crippen LogP contribution in [0.4, 0.5) is 0 Å². The Hall–Kier alpha value is -2.12. The number of aromatic nitrogens is 2. The summed E-state index contributed by atoms with van der Waals surface area (Å²) in [5.74, 6) is 1.17. The molecule has 1 aromatic heterocycles. The van der Waals surface area contributed by atoms with Crippen molar-refractivity contribution < 1.29 is 19.0 Å². The summed E-state index contributed by atoms with van der Waals surface area (Å²) in [7, 11) is 1.67. The number of rotatable bonds is 6. The lowest BCUT2D eigenvalue weighted by atomic mass is 9.56. The minimum absolute atomic E-state index is 0.0297. The minimum Gasteiger partial charge on any atom is -0.497 e. The zero-order valence-electron chi connectivity index (χ0n) is 19.3. The summed E-state index contributed by atoms with van der Waals surface area (Å²) in [6.07, 6.45) is 4.10.